The van der Waals surface area contributed by atoms with Crippen molar-refractivity contribution in [3.8, 4) is 0 Å². The SMILES string of the molecule is Cc1ccc(S(=O)(=O)N(CC(=O)N(Cc2ccc(Br)cc2)[C@H](C)C(=O)NC2CCCCC2)c2ccccc2Cl)cc1. The first kappa shape index (κ1) is 31.1. The van der Waals surface area contributed by atoms with Crippen LogP contribution >= 0.6 is 27.5 Å². The van der Waals surface area contributed by atoms with E-state index in [2.05, 4.69) is 21.2 Å². The largest absolute Gasteiger partial charge is 0.352 e. The molecule has 0 radical (unpaired) electrons. The van der Waals surface area contributed by atoms with Crippen LogP contribution in [0.15, 0.2) is 82.2 Å². The van der Waals surface area contributed by atoms with Gasteiger partial charge < -0.3 is 10.2 Å². The molecule has 0 spiro atoms. The van der Waals surface area contributed by atoms with Gasteiger partial charge in [-0.25, -0.2) is 8.42 Å². The van der Waals surface area contributed by atoms with Gasteiger partial charge in [0, 0.05) is 17.1 Å². The van der Waals surface area contributed by atoms with Crippen LogP contribution in [-0.4, -0.2) is 43.8 Å². The molecule has 0 aromatic heterocycles. The third-order valence-corrected chi connectivity index (χ3v) is 10.0. The van der Waals surface area contributed by atoms with Crippen molar-refractivity contribution >= 4 is 55.1 Å². The van der Waals surface area contributed by atoms with E-state index in [1.807, 2.05) is 31.2 Å². The van der Waals surface area contributed by atoms with Crippen LogP contribution in [-0.2, 0) is 26.2 Å². The first-order valence-corrected chi connectivity index (χ1v) is 16.4. The van der Waals surface area contributed by atoms with E-state index in [0.717, 1.165) is 52.0 Å². The number of amides is 2. The summed E-state index contributed by atoms with van der Waals surface area (Å²) in [4.78, 5) is 28.9. The Bertz CT molecular complexity index is 1460. The highest BCUT2D eigenvalue weighted by Gasteiger charge is 2.34. The maximum Gasteiger partial charge on any atom is 0.264 e. The predicted molar refractivity (Wildman–Crippen MR) is 166 cm³/mol. The number of nitrogens with one attached hydrogen (secondary N) is 1. The molecule has 1 aliphatic rings. The highest BCUT2D eigenvalue weighted by atomic mass is 79.9. The second-order valence-electron chi connectivity index (χ2n) is 10.4. The van der Waals surface area contributed by atoms with Gasteiger partial charge in [-0.1, -0.05) is 88.8 Å². The van der Waals surface area contributed by atoms with Crippen LogP contribution in [0.4, 0.5) is 5.69 Å². The molecule has 41 heavy (non-hydrogen) atoms. The quantitative estimate of drug-likeness (QED) is 0.270. The minimum Gasteiger partial charge on any atom is -0.352 e. The Morgan fingerprint density at radius 1 is 0.976 bits per heavy atom. The van der Waals surface area contributed by atoms with Crippen molar-refractivity contribution in [2.24, 2.45) is 0 Å². The van der Waals surface area contributed by atoms with Gasteiger partial charge in [-0.15, -0.1) is 0 Å². The Labute approximate surface area is 256 Å². The number of halogens is 2. The summed E-state index contributed by atoms with van der Waals surface area (Å²) in [5.74, 6) is -0.775. The van der Waals surface area contributed by atoms with Gasteiger partial charge in [-0.3, -0.25) is 13.9 Å². The first-order valence-electron chi connectivity index (χ1n) is 13.7. The van der Waals surface area contributed by atoms with Crippen LogP contribution in [0.1, 0.15) is 50.2 Å². The number of rotatable bonds is 10. The zero-order valence-corrected chi connectivity index (χ0v) is 26.4. The molecule has 218 valence electrons. The normalized spacial score (nSPS) is 14.7. The highest BCUT2D eigenvalue weighted by molar-refractivity contribution is 9.10. The van der Waals surface area contributed by atoms with Crippen molar-refractivity contribution < 1.29 is 18.0 Å². The summed E-state index contributed by atoms with van der Waals surface area (Å²) >= 11 is 9.90. The fraction of sp³-hybridized carbons (Fsp3) is 0.355. The molecule has 1 fully saturated rings. The highest BCUT2D eigenvalue weighted by Crippen LogP contribution is 2.31. The zero-order valence-electron chi connectivity index (χ0n) is 23.2. The topological polar surface area (TPSA) is 86.8 Å². The van der Waals surface area contributed by atoms with Crippen molar-refractivity contribution in [1.29, 1.82) is 0 Å². The molecule has 3 aromatic rings. The maximum absolute atomic E-state index is 14.1. The molecule has 2 amide bonds. The summed E-state index contributed by atoms with van der Waals surface area (Å²) in [5, 5.41) is 3.30. The second kappa shape index (κ2) is 13.9. The van der Waals surface area contributed by atoms with Gasteiger partial charge in [0.1, 0.15) is 12.6 Å². The standard InChI is InChI=1S/C31H35BrClN3O4S/c1-22-12-18-27(19-13-22)41(39,40)36(29-11-7-6-10-28(29)33)21-30(37)35(20-24-14-16-25(32)17-15-24)23(2)31(38)34-26-8-4-3-5-9-26/h6-7,10-19,23,26H,3-5,8-9,20-21H2,1-2H3,(H,34,38)/t23-/m1/s1. The van der Waals surface area contributed by atoms with E-state index in [9.17, 15) is 18.0 Å². The average Bonchev–Trinajstić information content (AvgIpc) is 2.96. The smallest absolute Gasteiger partial charge is 0.264 e. The lowest BCUT2D eigenvalue weighted by molar-refractivity contribution is -0.139. The maximum atomic E-state index is 14.1. The summed E-state index contributed by atoms with van der Waals surface area (Å²) in [5.41, 5.74) is 1.90. The molecule has 0 heterocycles. The Morgan fingerprint density at radius 2 is 1.61 bits per heavy atom. The number of hydrogen-bond donors (Lipinski definition) is 1. The molecule has 4 rings (SSSR count). The first-order chi connectivity index (χ1) is 19.6. The van der Waals surface area contributed by atoms with Crippen molar-refractivity contribution in [2.75, 3.05) is 10.8 Å². The van der Waals surface area contributed by atoms with E-state index in [1.54, 1.807) is 43.3 Å². The number of benzene rings is 3. The molecule has 0 bridgehead atoms. The fourth-order valence-electron chi connectivity index (χ4n) is 4.94. The van der Waals surface area contributed by atoms with E-state index in [1.165, 1.54) is 17.0 Å². The number of sulfonamides is 1. The van der Waals surface area contributed by atoms with Gasteiger partial charge in [0.05, 0.1) is 15.6 Å². The fourth-order valence-corrected chi connectivity index (χ4v) is 6.93. The molecule has 0 saturated heterocycles. The van der Waals surface area contributed by atoms with E-state index < -0.39 is 28.5 Å². The van der Waals surface area contributed by atoms with Gasteiger partial charge >= 0.3 is 0 Å². The lowest BCUT2D eigenvalue weighted by Gasteiger charge is -2.33. The van der Waals surface area contributed by atoms with Crippen molar-refractivity contribution in [1.82, 2.24) is 10.2 Å². The molecule has 10 heteroatoms. The Kier molecular flexibility index (Phi) is 10.5. The zero-order chi connectivity index (χ0) is 29.6. The van der Waals surface area contributed by atoms with Gasteiger partial charge in [0.15, 0.2) is 0 Å². The van der Waals surface area contributed by atoms with Crippen LogP contribution in [0, 0.1) is 6.92 Å². The summed E-state index contributed by atoms with van der Waals surface area (Å²) < 4.78 is 29.8. The second-order valence-corrected chi connectivity index (χ2v) is 13.6. The molecule has 1 saturated carbocycles. The number of carbonyl (C=O) groups excluding carboxylic acids is 2. The number of para-hydroxylation sites is 1. The van der Waals surface area contributed by atoms with Gasteiger partial charge in [0.25, 0.3) is 10.0 Å². The van der Waals surface area contributed by atoms with Crippen molar-refractivity contribution in [3.05, 3.63) is 93.4 Å². The molecule has 0 aliphatic heterocycles. The molecule has 7 nitrogen and oxygen atoms in total. The lowest BCUT2D eigenvalue weighted by Crippen LogP contribution is -2.53. The molecular formula is C31H35BrClN3O4S. The molecule has 1 atom stereocenters. The van der Waals surface area contributed by atoms with Crippen molar-refractivity contribution in [2.45, 2.75) is 69.5 Å². The number of hydrogen-bond acceptors (Lipinski definition) is 4. The number of anilines is 1. The monoisotopic (exact) mass is 659 g/mol. The summed E-state index contributed by atoms with van der Waals surface area (Å²) in [6.07, 6.45) is 5.10. The number of carbonyl (C=O) groups is 2. The molecule has 1 N–H and O–H groups in total. The van der Waals surface area contributed by atoms with E-state index in [4.69, 9.17) is 11.6 Å². The van der Waals surface area contributed by atoms with Crippen LogP contribution in [0.25, 0.3) is 0 Å². The van der Waals surface area contributed by atoms with Crippen LogP contribution in [0.3, 0.4) is 0 Å². The summed E-state index contributed by atoms with van der Waals surface area (Å²) in [6, 6.07) is 19.7. The summed E-state index contributed by atoms with van der Waals surface area (Å²) in [6.45, 7) is 3.15. The van der Waals surface area contributed by atoms with E-state index in [-0.39, 0.29) is 34.1 Å². The Hall–Kier alpha value is -2.88. The van der Waals surface area contributed by atoms with Crippen LogP contribution in [0.2, 0.25) is 5.02 Å². The average molecular weight is 661 g/mol. The predicted octanol–water partition coefficient (Wildman–Crippen LogP) is 6.47. The Balaban J connectivity index is 1.68. The minimum atomic E-state index is -4.17. The number of nitrogens with zero attached hydrogens (tertiary/aromatic N) is 2. The molecule has 0 unspecified atom stereocenters. The van der Waals surface area contributed by atoms with Crippen molar-refractivity contribution in [3.63, 3.8) is 0 Å². The van der Waals surface area contributed by atoms with Gasteiger partial charge in [0.2, 0.25) is 11.8 Å². The molecular weight excluding hydrogens is 626 g/mol. The summed E-state index contributed by atoms with van der Waals surface area (Å²) in [7, 11) is -4.17. The van der Waals surface area contributed by atoms with E-state index in [0.29, 0.717) is 0 Å². The van der Waals surface area contributed by atoms with Gasteiger partial charge in [-0.05, 0) is 68.7 Å². The number of aryl methyl sites for hydroxylation is 1. The van der Waals surface area contributed by atoms with Crippen LogP contribution < -0.4 is 9.62 Å². The van der Waals surface area contributed by atoms with E-state index >= 15 is 0 Å². The lowest BCUT2D eigenvalue weighted by atomic mass is 9.95. The minimum absolute atomic E-state index is 0.0402. The van der Waals surface area contributed by atoms with Gasteiger partial charge in [-0.2, -0.15) is 0 Å². The Morgan fingerprint density at radius 3 is 2.24 bits per heavy atom. The molecule has 1 aliphatic carbocycles. The molecule has 3 aromatic carbocycles. The van der Waals surface area contributed by atoms with Crippen LogP contribution in [0.5, 0.6) is 0 Å². The third kappa shape index (κ3) is 7.90. The third-order valence-electron chi connectivity index (χ3n) is 7.39.